The smallest absolute Gasteiger partial charge is 0.217 e. The van der Waals surface area contributed by atoms with Gasteiger partial charge in [-0.25, -0.2) is 0 Å². The molecule has 6 heterocycles. The molecule has 6 fully saturated rings. The molecule has 0 aromatic rings. The van der Waals surface area contributed by atoms with Crippen LogP contribution in [-0.4, -0.2) is 292 Å². The van der Waals surface area contributed by atoms with E-state index in [2.05, 4.69) is 5.32 Å². The highest BCUT2D eigenvalue weighted by Crippen LogP contribution is 2.38. The molecule has 390 valence electrons. The van der Waals surface area contributed by atoms with Crippen molar-refractivity contribution in [1.29, 1.82) is 0 Å². The minimum absolute atomic E-state index is 0.751. The Morgan fingerprint density at radius 2 is 0.761 bits per heavy atom. The first kappa shape index (κ1) is 54.7. The summed E-state index contributed by atoms with van der Waals surface area (Å²) in [6.07, 6.45) is -52.4. The van der Waals surface area contributed by atoms with Crippen LogP contribution in [0.5, 0.6) is 0 Å². The number of ether oxygens (including phenoxy) is 11. The van der Waals surface area contributed by atoms with Crippen molar-refractivity contribution < 1.29 is 139 Å². The Hall–Kier alpha value is -1.61. The molecule has 0 aromatic carbocycles. The predicted molar refractivity (Wildman–Crippen MR) is 207 cm³/mol. The zero-order valence-electron chi connectivity index (χ0n) is 36.5. The lowest BCUT2D eigenvalue weighted by Crippen LogP contribution is -2.70. The maximum Gasteiger partial charge on any atom is 0.217 e. The zero-order chi connectivity index (χ0) is 49.5. The number of hydrogen-bond acceptors (Lipinski definition) is 28. The van der Waals surface area contributed by atoms with Gasteiger partial charge in [0, 0.05) is 6.92 Å². The van der Waals surface area contributed by atoms with E-state index in [-0.39, 0.29) is 0 Å². The normalized spacial score (nSPS) is 53.3. The number of nitrogens with one attached hydrogen (secondary N) is 1. The van der Waals surface area contributed by atoms with Crippen molar-refractivity contribution in [1.82, 2.24) is 5.32 Å². The molecule has 0 bridgehead atoms. The van der Waals surface area contributed by atoms with E-state index in [1.807, 2.05) is 0 Å². The van der Waals surface area contributed by atoms with E-state index in [1.165, 1.54) is 20.8 Å². The van der Waals surface area contributed by atoms with E-state index in [0.717, 1.165) is 6.92 Å². The summed E-state index contributed by atoms with van der Waals surface area (Å²) >= 11 is 0. The van der Waals surface area contributed by atoms with Gasteiger partial charge in [-0.1, -0.05) is 0 Å². The summed E-state index contributed by atoms with van der Waals surface area (Å²) in [6.45, 7) is 2.06. The molecular weight excluding hydrogens is 918 g/mol. The number of amides is 1. The highest BCUT2D eigenvalue weighted by Gasteiger charge is 2.58. The third-order valence-corrected chi connectivity index (χ3v) is 12.7. The van der Waals surface area contributed by atoms with E-state index in [1.54, 1.807) is 0 Å². The van der Waals surface area contributed by atoms with Gasteiger partial charge < -0.3 is 139 Å². The summed E-state index contributed by atoms with van der Waals surface area (Å²) in [7, 11) is 0. The van der Waals surface area contributed by atoms with Gasteiger partial charge >= 0.3 is 0 Å². The van der Waals surface area contributed by atoms with Crippen molar-refractivity contribution >= 4 is 5.91 Å². The summed E-state index contributed by atoms with van der Waals surface area (Å²) in [5.74, 6) is -0.751. The highest BCUT2D eigenvalue weighted by molar-refractivity contribution is 5.73. The number of carbonyl (C=O) groups is 1. The Labute approximate surface area is 381 Å². The molecule has 67 heavy (non-hydrogen) atoms. The molecular formula is C38H65NO28. The lowest BCUT2D eigenvalue weighted by atomic mass is 9.94. The molecule has 0 aromatic heterocycles. The second-order valence-electron chi connectivity index (χ2n) is 17.4. The number of carbonyl (C=O) groups excluding carboxylic acids is 1. The first-order chi connectivity index (χ1) is 31.5. The van der Waals surface area contributed by atoms with Gasteiger partial charge in [0.25, 0.3) is 0 Å². The molecule has 4 unspecified atom stereocenters. The molecule has 0 saturated carbocycles. The van der Waals surface area contributed by atoms with Crippen molar-refractivity contribution in [2.24, 2.45) is 0 Å². The quantitative estimate of drug-likeness (QED) is 0.0768. The van der Waals surface area contributed by atoms with Gasteiger partial charge in [0.2, 0.25) is 5.91 Å². The van der Waals surface area contributed by atoms with Crippen LogP contribution < -0.4 is 5.32 Å². The van der Waals surface area contributed by atoms with Crippen molar-refractivity contribution in [3.8, 4) is 0 Å². The molecule has 29 nitrogen and oxygen atoms in total. The van der Waals surface area contributed by atoms with Gasteiger partial charge in [-0.2, -0.15) is 0 Å². The lowest BCUT2D eigenvalue weighted by Gasteiger charge is -2.51. The number of aliphatic hydroxyl groups is 16. The molecule has 0 aliphatic carbocycles. The van der Waals surface area contributed by atoms with Gasteiger partial charge in [-0.05, 0) is 20.8 Å². The molecule has 6 saturated heterocycles. The Kier molecular flexibility index (Phi) is 18.7. The van der Waals surface area contributed by atoms with Crippen LogP contribution in [0, 0.1) is 0 Å². The zero-order valence-corrected chi connectivity index (χ0v) is 36.5. The highest BCUT2D eigenvalue weighted by atomic mass is 16.8. The Morgan fingerprint density at radius 1 is 0.388 bits per heavy atom. The van der Waals surface area contributed by atoms with Gasteiger partial charge in [-0.15, -0.1) is 0 Å². The third-order valence-electron chi connectivity index (χ3n) is 12.7. The van der Waals surface area contributed by atoms with Crippen molar-refractivity contribution in [2.45, 2.75) is 212 Å². The Bertz CT molecular complexity index is 1580. The molecule has 6 aliphatic heterocycles. The number of aliphatic hydroxyl groups excluding tert-OH is 16. The second-order valence-corrected chi connectivity index (χ2v) is 17.4. The fraction of sp³-hybridized carbons (Fsp3) is 0.974. The molecule has 1 amide bonds. The SMILES string of the molecule is CC(=O)N[C@H]1C(O)O[C@H](CO)[C@H](O)[C@@H]1OC1O[C@H](CO)[C@H](OC2O[C@H](CO)[C@@H](O[C@@H]3O[C@H](C)[C@@H](O)[C@H](O)[C@H]3O)[C@H](O[C@@H]3O[C@H](C)[C@@H](O)[C@H](O)[C@H]3O)[C@@H]2O)[C@H](O)[C@H]1OC1O[C@@H](C)[C@@H](O)[C@@H](O)[C@@H]1O. The summed E-state index contributed by atoms with van der Waals surface area (Å²) < 4.78 is 63.8. The maximum absolute atomic E-state index is 12.2. The van der Waals surface area contributed by atoms with Crippen LogP contribution in [0.3, 0.4) is 0 Å². The Morgan fingerprint density at radius 3 is 1.21 bits per heavy atom. The standard InChI is InChI=1S/C38H65NO28/c1-8-16(44)20(48)23(51)34(57-8)64-29-14(7-42)61-37(27(55)31(29)66-35-24(52)21(49)17(45)9(2)58-35)63-28-13(6-41)62-38(32(26(28)54)67-36-25(53)22(50)18(46)10(3)59-36)65-30-15(39-11(4)43)33(56)60-12(5-40)19(30)47/h8-10,12-38,40-42,44-56H,5-7H2,1-4H3,(H,39,43)/t8-,9-,10+,12-,13-,14-,15-,16-,17-,18-,19+,20+,21+,22-,23-,24-,25+,26+,27+,28+,29-,30-,31-,32-,33?,34+,35+,36?,37?,38?/m1/s1. The minimum atomic E-state index is -2.20. The van der Waals surface area contributed by atoms with Gasteiger partial charge in [-0.3, -0.25) is 4.79 Å². The van der Waals surface area contributed by atoms with E-state index >= 15 is 0 Å². The van der Waals surface area contributed by atoms with Crippen molar-refractivity contribution in [3.05, 3.63) is 0 Å². The van der Waals surface area contributed by atoms with Crippen LogP contribution in [0.25, 0.3) is 0 Å². The van der Waals surface area contributed by atoms with E-state index in [9.17, 15) is 86.5 Å². The number of rotatable bonds is 14. The first-order valence-electron chi connectivity index (χ1n) is 21.7. The lowest BCUT2D eigenvalue weighted by molar-refractivity contribution is -0.409. The average molecular weight is 984 g/mol. The summed E-state index contributed by atoms with van der Waals surface area (Å²) in [5.41, 5.74) is 0. The fourth-order valence-electron chi connectivity index (χ4n) is 8.72. The third kappa shape index (κ3) is 11.4. The topological polar surface area (TPSA) is 454 Å². The largest absolute Gasteiger partial charge is 0.394 e. The first-order valence-corrected chi connectivity index (χ1v) is 21.7. The van der Waals surface area contributed by atoms with Crippen molar-refractivity contribution in [2.75, 3.05) is 19.8 Å². The van der Waals surface area contributed by atoms with Crippen LogP contribution in [0.2, 0.25) is 0 Å². The molecule has 0 radical (unpaired) electrons. The van der Waals surface area contributed by atoms with Gasteiger partial charge in [0.1, 0.15) is 128 Å². The molecule has 29 heteroatoms. The Balaban J connectivity index is 1.33. The second kappa shape index (κ2) is 22.9. The van der Waals surface area contributed by atoms with Crippen LogP contribution in [0.4, 0.5) is 0 Å². The van der Waals surface area contributed by atoms with Crippen LogP contribution in [-0.2, 0) is 56.9 Å². The van der Waals surface area contributed by atoms with E-state index in [4.69, 9.17) is 52.1 Å². The monoisotopic (exact) mass is 983 g/mol. The van der Waals surface area contributed by atoms with Crippen LogP contribution in [0.15, 0.2) is 0 Å². The maximum atomic E-state index is 12.2. The fourth-order valence-corrected chi connectivity index (χ4v) is 8.72. The van der Waals surface area contributed by atoms with Gasteiger partial charge in [0.05, 0.1) is 38.1 Å². The summed E-state index contributed by atoms with van der Waals surface area (Å²) in [4.78, 5) is 12.2. The summed E-state index contributed by atoms with van der Waals surface area (Å²) in [6, 6.07) is -1.60. The number of hydrogen-bond donors (Lipinski definition) is 17. The molecule has 6 rings (SSSR count). The average Bonchev–Trinajstić information content (AvgIpc) is 3.29. The molecule has 0 spiro atoms. The van der Waals surface area contributed by atoms with Crippen molar-refractivity contribution in [3.63, 3.8) is 0 Å². The molecule has 6 aliphatic rings. The predicted octanol–water partition coefficient (Wildman–Crippen LogP) is -10.9. The van der Waals surface area contributed by atoms with E-state index < -0.39 is 210 Å². The van der Waals surface area contributed by atoms with Gasteiger partial charge in [0.15, 0.2) is 37.7 Å². The van der Waals surface area contributed by atoms with E-state index in [0.29, 0.717) is 0 Å². The molecule has 30 atom stereocenters. The van der Waals surface area contributed by atoms with Crippen LogP contribution in [0.1, 0.15) is 27.7 Å². The van der Waals surface area contributed by atoms with Crippen LogP contribution >= 0.6 is 0 Å². The molecule has 17 N–H and O–H groups in total. The summed E-state index contributed by atoms with van der Waals surface area (Å²) in [5, 5.41) is 175. The minimum Gasteiger partial charge on any atom is -0.394 e.